The first-order chi connectivity index (χ1) is 12.0. The topological polar surface area (TPSA) is 49.4 Å². The highest BCUT2D eigenvalue weighted by Crippen LogP contribution is 2.33. The Hall–Kier alpha value is -1.85. The molecule has 2 aromatic rings. The Balaban J connectivity index is 1.63. The molecule has 0 fully saturated rings. The molecule has 4 nitrogen and oxygen atoms in total. The van der Waals surface area contributed by atoms with Crippen LogP contribution in [0.4, 0.5) is 0 Å². The van der Waals surface area contributed by atoms with Gasteiger partial charge in [-0.05, 0) is 42.5 Å². The van der Waals surface area contributed by atoms with E-state index in [1.807, 2.05) is 30.3 Å². The van der Waals surface area contributed by atoms with Gasteiger partial charge in [0.25, 0.3) is 5.91 Å². The lowest BCUT2D eigenvalue weighted by molar-refractivity contribution is -0.125. The minimum absolute atomic E-state index is 0.0270. The number of benzene rings is 1. The molecule has 132 valence electrons. The van der Waals surface area contributed by atoms with Crippen LogP contribution < -0.4 is 5.32 Å². The van der Waals surface area contributed by atoms with Crippen LogP contribution in [0.5, 0.6) is 0 Å². The number of rotatable bonds is 4. The molecule has 6 heteroatoms. The van der Waals surface area contributed by atoms with E-state index in [4.69, 9.17) is 11.6 Å². The molecule has 25 heavy (non-hydrogen) atoms. The van der Waals surface area contributed by atoms with E-state index in [-0.39, 0.29) is 17.7 Å². The highest BCUT2D eigenvalue weighted by Gasteiger charge is 2.27. The SMILES string of the molecule is CN(C)C(=O)c1cc2c(s1)CC[C@@H](C(=O)NCc1ccccc1Cl)C2. The van der Waals surface area contributed by atoms with E-state index in [0.29, 0.717) is 18.0 Å². The molecule has 0 bridgehead atoms. The number of carbonyl (C=O) groups is 2. The van der Waals surface area contributed by atoms with E-state index in [9.17, 15) is 9.59 Å². The van der Waals surface area contributed by atoms with E-state index in [2.05, 4.69) is 5.32 Å². The lowest BCUT2D eigenvalue weighted by Gasteiger charge is -2.21. The Kier molecular flexibility index (Phi) is 5.45. The molecule has 0 radical (unpaired) electrons. The maximum Gasteiger partial charge on any atom is 0.263 e. The standard InChI is InChI=1S/C19H21ClN2O2S/c1-22(2)19(24)17-10-14-9-12(7-8-16(14)25-17)18(23)21-11-13-5-3-4-6-15(13)20/h3-6,10,12H,7-9,11H2,1-2H3,(H,21,23)/t12-/m1/s1. The first kappa shape index (κ1) is 18.0. The summed E-state index contributed by atoms with van der Waals surface area (Å²) in [6, 6.07) is 9.48. The van der Waals surface area contributed by atoms with Gasteiger partial charge in [0.05, 0.1) is 4.88 Å². The molecule has 1 aromatic heterocycles. The van der Waals surface area contributed by atoms with Gasteiger partial charge in [-0.3, -0.25) is 9.59 Å². The minimum Gasteiger partial charge on any atom is -0.352 e. The maximum absolute atomic E-state index is 12.5. The van der Waals surface area contributed by atoms with Crippen molar-refractivity contribution in [3.05, 3.63) is 56.2 Å². The molecule has 1 aliphatic rings. The van der Waals surface area contributed by atoms with Crippen molar-refractivity contribution in [1.29, 1.82) is 0 Å². The van der Waals surface area contributed by atoms with E-state index in [1.54, 1.807) is 30.3 Å². The van der Waals surface area contributed by atoms with Crippen molar-refractivity contribution < 1.29 is 9.59 Å². The van der Waals surface area contributed by atoms with Crippen molar-refractivity contribution in [1.82, 2.24) is 10.2 Å². The van der Waals surface area contributed by atoms with Gasteiger partial charge in [0.15, 0.2) is 0 Å². The summed E-state index contributed by atoms with van der Waals surface area (Å²) < 4.78 is 0. The summed E-state index contributed by atoms with van der Waals surface area (Å²) in [4.78, 5) is 28.2. The van der Waals surface area contributed by atoms with Crippen LogP contribution in [-0.2, 0) is 24.2 Å². The van der Waals surface area contributed by atoms with Crippen molar-refractivity contribution >= 4 is 34.8 Å². The summed E-state index contributed by atoms with van der Waals surface area (Å²) in [6.45, 7) is 0.440. The van der Waals surface area contributed by atoms with Crippen LogP contribution in [0.25, 0.3) is 0 Å². The molecule has 0 spiro atoms. The van der Waals surface area contributed by atoms with Gasteiger partial charge in [-0.2, -0.15) is 0 Å². The lowest BCUT2D eigenvalue weighted by Crippen LogP contribution is -2.33. The van der Waals surface area contributed by atoms with Crippen molar-refractivity contribution in [2.24, 2.45) is 5.92 Å². The zero-order valence-electron chi connectivity index (χ0n) is 14.3. The molecule has 1 N–H and O–H groups in total. The Labute approximate surface area is 156 Å². The first-order valence-corrected chi connectivity index (χ1v) is 9.49. The lowest BCUT2D eigenvalue weighted by atomic mass is 9.87. The third-order valence-corrected chi connectivity index (χ3v) is 6.08. The predicted molar refractivity (Wildman–Crippen MR) is 101 cm³/mol. The van der Waals surface area contributed by atoms with Crippen molar-refractivity contribution in [3.63, 3.8) is 0 Å². The number of fused-ring (bicyclic) bond motifs is 1. The molecule has 0 unspecified atom stereocenters. The van der Waals surface area contributed by atoms with Gasteiger partial charge in [-0.15, -0.1) is 11.3 Å². The molecule has 1 aliphatic carbocycles. The van der Waals surface area contributed by atoms with Crippen LogP contribution in [0.1, 0.15) is 32.1 Å². The fraction of sp³-hybridized carbons (Fsp3) is 0.368. The van der Waals surface area contributed by atoms with E-state index < -0.39 is 0 Å². The average Bonchev–Trinajstić information content (AvgIpc) is 3.03. The number of amides is 2. The van der Waals surface area contributed by atoms with Crippen molar-refractivity contribution in [3.8, 4) is 0 Å². The largest absolute Gasteiger partial charge is 0.352 e. The van der Waals surface area contributed by atoms with Gasteiger partial charge in [-0.25, -0.2) is 0 Å². The zero-order valence-corrected chi connectivity index (χ0v) is 15.9. The average molecular weight is 377 g/mol. The van der Waals surface area contributed by atoms with E-state index >= 15 is 0 Å². The summed E-state index contributed by atoms with van der Waals surface area (Å²) >= 11 is 7.69. The highest BCUT2D eigenvalue weighted by atomic mass is 35.5. The monoisotopic (exact) mass is 376 g/mol. The Morgan fingerprint density at radius 1 is 1.32 bits per heavy atom. The third-order valence-electron chi connectivity index (χ3n) is 4.48. The molecule has 2 amide bonds. The minimum atomic E-state index is -0.0492. The summed E-state index contributed by atoms with van der Waals surface area (Å²) in [5.41, 5.74) is 2.06. The second-order valence-electron chi connectivity index (χ2n) is 6.51. The van der Waals surface area contributed by atoms with Crippen LogP contribution in [0.15, 0.2) is 30.3 Å². The number of hydrogen-bond donors (Lipinski definition) is 1. The number of nitrogens with zero attached hydrogens (tertiary/aromatic N) is 1. The normalized spacial score (nSPS) is 16.2. The van der Waals surface area contributed by atoms with Gasteiger partial charge in [-0.1, -0.05) is 29.8 Å². The van der Waals surface area contributed by atoms with Crippen LogP contribution in [0.3, 0.4) is 0 Å². The summed E-state index contributed by atoms with van der Waals surface area (Å²) in [6.07, 6.45) is 2.36. The highest BCUT2D eigenvalue weighted by molar-refractivity contribution is 7.14. The van der Waals surface area contributed by atoms with Crippen LogP contribution in [-0.4, -0.2) is 30.8 Å². The van der Waals surface area contributed by atoms with Crippen LogP contribution in [0, 0.1) is 5.92 Å². The molecule has 1 heterocycles. The third kappa shape index (κ3) is 4.05. The second-order valence-corrected chi connectivity index (χ2v) is 8.05. The predicted octanol–water partition coefficient (Wildman–Crippen LogP) is 3.52. The second kappa shape index (κ2) is 7.58. The van der Waals surface area contributed by atoms with Gasteiger partial charge in [0, 0.05) is 36.5 Å². The van der Waals surface area contributed by atoms with Crippen molar-refractivity contribution in [2.45, 2.75) is 25.8 Å². The van der Waals surface area contributed by atoms with Crippen molar-refractivity contribution in [2.75, 3.05) is 14.1 Å². The summed E-state index contributed by atoms with van der Waals surface area (Å²) in [5.74, 6) is 0.0308. The summed E-state index contributed by atoms with van der Waals surface area (Å²) in [7, 11) is 3.51. The van der Waals surface area contributed by atoms with E-state index in [0.717, 1.165) is 28.8 Å². The molecule has 0 aliphatic heterocycles. The molecule has 1 aromatic carbocycles. The summed E-state index contributed by atoms with van der Waals surface area (Å²) in [5, 5.41) is 3.66. The molecule has 3 rings (SSSR count). The van der Waals surface area contributed by atoms with Crippen LogP contribution >= 0.6 is 22.9 Å². The molecular weight excluding hydrogens is 356 g/mol. The van der Waals surface area contributed by atoms with Crippen LogP contribution in [0.2, 0.25) is 5.02 Å². The quantitative estimate of drug-likeness (QED) is 0.887. The number of aryl methyl sites for hydroxylation is 1. The number of carbonyl (C=O) groups excluding carboxylic acids is 2. The zero-order chi connectivity index (χ0) is 18.0. The van der Waals surface area contributed by atoms with Gasteiger partial charge < -0.3 is 10.2 Å². The van der Waals surface area contributed by atoms with Gasteiger partial charge >= 0.3 is 0 Å². The number of nitrogens with one attached hydrogen (secondary N) is 1. The number of hydrogen-bond acceptors (Lipinski definition) is 3. The molecule has 0 saturated heterocycles. The maximum atomic E-state index is 12.5. The Bertz CT molecular complexity index is 800. The number of halogens is 1. The molecule has 0 saturated carbocycles. The molecule has 1 atom stereocenters. The number of thiophene rings is 1. The Morgan fingerprint density at radius 2 is 2.08 bits per heavy atom. The van der Waals surface area contributed by atoms with Gasteiger partial charge in [0.1, 0.15) is 0 Å². The fourth-order valence-electron chi connectivity index (χ4n) is 3.04. The first-order valence-electron chi connectivity index (χ1n) is 8.30. The van der Waals surface area contributed by atoms with Gasteiger partial charge in [0.2, 0.25) is 5.91 Å². The molecular formula is C19H21ClN2O2S. The fourth-order valence-corrected chi connectivity index (χ4v) is 4.47. The smallest absolute Gasteiger partial charge is 0.263 e. The Morgan fingerprint density at radius 3 is 2.80 bits per heavy atom. The van der Waals surface area contributed by atoms with E-state index in [1.165, 1.54) is 4.88 Å².